The maximum atomic E-state index is 14.9. The number of rotatable bonds is 16. The average Bonchev–Trinajstić information content (AvgIpc) is 3.89. The van der Waals surface area contributed by atoms with Gasteiger partial charge in [-0.3, -0.25) is 4.79 Å². The Morgan fingerprint density at radius 1 is 0.605 bits per heavy atom. The second-order valence-corrected chi connectivity index (χ2v) is 24.1. The Kier molecular flexibility index (Phi) is 18.1. The number of Topliss-reactive ketones (excluding diaryl/α,β-unsaturated/α-hetero) is 1. The van der Waals surface area contributed by atoms with E-state index < -0.39 is 167 Å². The highest BCUT2D eigenvalue weighted by Gasteiger charge is 2.71. The minimum atomic E-state index is -1.91. The van der Waals surface area contributed by atoms with Crippen molar-refractivity contribution in [1.82, 2.24) is 0 Å². The van der Waals surface area contributed by atoms with E-state index >= 15 is 0 Å². The smallest absolute Gasteiger partial charge is 0.187 e. The molecule has 5 aliphatic heterocycles. The molecule has 5 saturated heterocycles. The van der Waals surface area contributed by atoms with Crippen molar-refractivity contribution in [3.05, 3.63) is 0 Å². The highest BCUT2D eigenvalue weighted by molar-refractivity contribution is 5.87. The fraction of sp³-hybridized carbons (Fsp3) is 0.980. The van der Waals surface area contributed by atoms with Crippen molar-refractivity contribution >= 4 is 5.78 Å². The van der Waals surface area contributed by atoms with Crippen LogP contribution in [-0.2, 0) is 47.4 Å². The van der Waals surface area contributed by atoms with Gasteiger partial charge in [0.25, 0.3) is 0 Å². The second kappa shape index (κ2) is 23.2. The molecule has 76 heavy (non-hydrogen) atoms. The summed E-state index contributed by atoms with van der Waals surface area (Å²) in [6.45, 7) is 5.32. The zero-order chi connectivity index (χ0) is 55.1. The summed E-state index contributed by atoms with van der Waals surface area (Å²) in [7, 11) is 0. The van der Waals surface area contributed by atoms with Crippen molar-refractivity contribution in [2.24, 2.45) is 52.3 Å². The lowest BCUT2D eigenvalue weighted by Gasteiger charge is -2.60. The molecule has 0 aromatic heterocycles. The molecule has 1 unspecified atom stereocenters. The number of aliphatic hydroxyl groups is 15. The van der Waals surface area contributed by atoms with Crippen LogP contribution in [0.15, 0.2) is 0 Å². The van der Waals surface area contributed by atoms with Crippen LogP contribution in [0.1, 0.15) is 85.5 Å². The summed E-state index contributed by atoms with van der Waals surface area (Å²) >= 11 is 0. The SMILES string of the molecule is C[C@H](CCC1(O)O[C@H]2C[C@H]3[C@@H]4CC[C@@H]5C[C@@H](O[C@@H]6O[C@H](CO)[C@H](O[C@@H]7O[C@H](CO)[C@@H](O)[C@H](O)[C@H]7O)[C@H](O)[C@H]6O[C@@H]6O[C@H](CO)[C@@H](O)[C@H](O)[C@H]6O)CC[C@]5(C)[C@H]4CC(=O)[C@]3(C)[C@H]2[C@@H]1C)CO[C@@H]1O[C@H](CO)[C@@H](O)[C@H](O)[C@H]1O. The molecular formula is C51H84O25. The molecule has 4 aliphatic carbocycles. The van der Waals surface area contributed by atoms with Gasteiger partial charge in [-0.15, -0.1) is 0 Å². The van der Waals surface area contributed by atoms with Crippen molar-refractivity contribution in [1.29, 1.82) is 0 Å². The molecule has 25 nitrogen and oxygen atoms in total. The Bertz CT molecular complexity index is 1950. The van der Waals surface area contributed by atoms with Gasteiger partial charge in [0.1, 0.15) is 103 Å². The van der Waals surface area contributed by atoms with Crippen LogP contribution >= 0.6 is 0 Å². The molecule has 32 atom stereocenters. The average molecular weight is 1100 g/mol. The van der Waals surface area contributed by atoms with E-state index in [0.717, 1.165) is 12.8 Å². The molecule has 9 rings (SSSR count). The number of fused-ring (bicyclic) bond motifs is 7. The van der Waals surface area contributed by atoms with E-state index in [9.17, 15) is 81.4 Å². The van der Waals surface area contributed by atoms with Crippen molar-refractivity contribution in [2.45, 2.75) is 226 Å². The lowest BCUT2D eigenvalue weighted by molar-refractivity contribution is -0.391. The largest absolute Gasteiger partial charge is 0.394 e. The van der Waals surface area contributed by atoms with E-state index in [-0.39, 0.29) is 71.8 Å². The molecule has 0 amide bonds. The van der Waals surface area contributed by atoms with Gasteiger partial charge in [-0.1, -0.05) is 27.7 Å². The van der Waals surface area contributed by atoms with Crippen LogP contribution < -0.4 is 0 Å². The molecule has 0 radical (unpaired) electrons. The van der Waals surface area contributed by atoms with Crippen LogP contribution in [-0.4, -0.2) is 256 Å². The molecule has 15 N–H and O–H groups in total. The number of hydrogen-bond donors (Lipinski definition) is 15. The first kappa shape index (κ1) is 59.3. The van der Waals surface area contributed by atoms with Gasteiger partial charge >= 0.3 is 0 Å². The van der Waals surface area contributed by atoms with Gasteiger partial charge in [-0.2, -0.15) is 0 Å². The third-order valence-corrected chi connectivity index (χ3v) is 20.0. The number of ketones is 1. The first-order valence-electron chi connectivity index (χ1n) is 27.3. The summed E-state index contributed by atoms with van der Waals surface area (Å²) in [5.41, 5.74) is -1.02. The molecule has 5 heterocycles. The predicted molar refractivity (Wildman–Crippen MR) is 252 cm³/mol. The maximum absolute atomic E-state index is 14.9. The van der Waals surface area contributed by atoms with Gasteiger partial charge in [0.2, 0.25) is 0 Å². The first-order valence-corrected chi connectivity index (χ1v) is 27.3. The Morgan fingerprint density at radius 2 is 1.13 bits per heavy atom. The van der Waals surface area contributed by atoms with Crippen LogP contribution in [0.25, 0.3) is 0 Å². The summed E-state index contributed by atoms with van der Waals surface area (Å²) in [6, 6.07) is 0. The van der Waals surface area contributed by atoms with E-state index in [2.05, 4.69) is 13.8 Å². The van der Waals surface area contributed by atoms with E-state index in [4.69, 9.17) is 42.6 Å². The second-order valence-electron chi connectivity index (χ2n) is 24.1. The van der Waals surface area contributed by atoms with Crippen LogP contribution in [0.3, 0.4) is 0 Å². The summed E-state index contributed by atoms with van der Waals surface area (Å²) in [4.78, 5) is 14.9. The highest BCUT2D eigenvalue weighted by atomic mass is 16.8. The van der Waals surface area contributed by atoms with E-state index in [1.54, 1.807) is 0 Å². The van der Waals surface area contributed by atoms with Crippen LogP contribution in [0.5, 0.6) is 0 Å². The van der Waals surface area contributed by atoms with E-state index in [1.165, 1.54) is 0 Å². The van der Waals surface area contributed by atoms with Gasteiger partial charge in [0.15, 0.2) is 30.9 Å². The molecule has 9 fully saturated rings. The van der Waals surface area contributed by atoms with Crippen molar-refractivity contribution in [2.75, 3.05) is 33.0 Å². The predicted octanol–water partition coefficient (Wildman–Crippen LogP) is -4.78. The standard InChI is InChI=1S/C51H84O25/c1-19(18-68-45-39(63)36(60)33(57)27(14-52)70-45)7-10-51(67)20(2)32-26(76-51)12-25-23-6-5-21-11-22(8-9-49(21,3)24(23)13-31(56)50(25,32)4)69-48-44(75-47-41(65)38(62)35(59)29(16-54)72-47)42(66)43(30(17-55)73-48)74-46-40(64)37(61)34(58)28(15-53)71-46/h19-30,32-48,52-55,57-67H,5-18H2,1-4H3/t19-,20+,21-,22+,23-,24+,25+,26+,27-,28-,29-,30-,32+,33-,34-,35-,36+,37+,38+,39-,40-,41-,42+,43+,44-,45-,46+,47+,48-,49+,50-,51?/m1/s1. The molecule has 0 aromatic rings. The van der Waals surface area contributed by atoms with Crippen molar-refractivity contribution < 1.29 is 124 Å². The summed E-state index contributed by atoms with van der Waals surface area (Å²) in [5, 5.41) is 158. The monoisotopic (exact) mass is 1100 g/mol. The zero-order valence-electron chi connectivity index (χ0n) is 43.4. The summed E-state index contributed by atoms with van der Waals surface area (Å²) in [5.74, 6) is -1.77. The van der Waals surface area contributed by atoms with Crippen LogP contribution in [0.4, 0.5) is 0 Å². The van der Waals surface area contributed by atoms with Crippen LogP contribution in [0, 0.1) is 52.3 Å². The molecule has 25 heteroatoms. The fourth-order valence-electron chi connectivity index (χ4n) is 15.3. The zero-order valence-corrected chi connectivity index (χ0v) is 43.4. The quantitative estimate of drug-likeness (QED) is 0.0645. The number of ether oxygens (including phenoxy) is 9. The molecule has 4 saturated carbocycles. The normalized spacial score (nSPS) is 54.9. The summed E-state index contributed by atoms with van der Waals surface area (Å²) < 4.78 is 53.9. The number of hydrogen-bond acceptors (Lipinski definition) is 25. The van der Waals surface area contributed by atoms with E-state index in [0.29, 0.717) is 38.5 Å². The highest BCUT2D eigenvalue weighted by Crippen LogP contribution is 2.70. The third-order valence-electron chi connectivity index (χ3n) is 20.0. The lowest BCUT2D eigenvalue weighted by Crippen LogP contribution is -2.67. The Labute approximate surface area is 440 Å². The summed E-state index contributed by atoms with van der Waals surface area (Å²) in [6.07, 6.45) is -28.2. The topological polar surface area (TPSA) is 404 Å². The van der Waals surface area contributed by atoms with Gasteiger partial charge in [0.05, 0.1) is 45.2 Å². The van der Waals surface area contributed by atoms with Crippen molar-refractivity contribution in [3.63, 3.8) is 0 Å². The minimum absolute atomic E-state index is 0.0179. The molecule has 0 aromatic carbocycles. The van der Waals surface area contributed by atoms with E-state index in [1.807, 2.05) is 13.8 Å². The molecule has 438 valence electrons. The number of carbonyl (C=O) groups excluding carboxylic acids is 1. The fourth-order valence-corrected chi connectivity index (χ4v) is 15.3. The lowest BCUT2D eigenvalue weighted by atomic mass is 9.44. The number of carbonyl (C=O) groups is 1. The van der Waals surface area contributed by atoms with Gasteiger partial charge in [0, 0.05) is 30.1 Å². The van der Waals surface area contributed by atoms with Crippen LogP contribution in [0.2, 0.25) is 0 Å². The first-order chi connectivity index (χ1) is 35.9. The molecular weight excluding hydrogens is 1010 g/mol. The molecule has 0 spiro atoms. The van der Waals surface area contributed by atoms with Gasteiger partial charge in [-0.25, -0.2) is 0 Å². The Morgan fingerprint density at radius 3 is 1.70 bits per heavy atom. The van der Waals surface area contributed by atoms with Gasteiger partial charge < -0.3 is 119 Å². The number of aliphatic hydroxyl groups excluding tert-OH is 14. The van der Waals surface area contributed by atoms with Gasteiger partial charge in [-0.05, 0) is 80.0 Å². The minimum Gasteiger partial charge on any atom is -0.394 e. The Balaban J connectivity index is 0.851. The van der Waals surface area contributed by atoms with Crippen molar-refractivity contribution in [3.8, 4) is 0 Å². The third kappa shape index (κ3) is 10.4. The molecule has 9 aliphatic rings. The Hall–Kier alpha value is -1.29. The maximum Gasteiger partial charge on any atom is 0.187 e. The molecule has 0 bridgehead atoms.